The van der Waals surface area contributed by atoms with E-state index in [9.17, 15) is 13.2 Å². The predicted octanol–water partition coefficient (Wildman–Crippen LogP) is 2.60. The highest BCUT2D eigenvalue weighted by molar-refractivity contribution is 7.88. The Morgan fingerprint density at radius 3 is 2.39 bits per heavy atom. The van der Waals surface area contributed by atoms with Gasteiger partial charge in [-0.2, -0.15) is 4.31 Å². The summed E-state index contributed by atoms with van der Waals surface area (Å²) in [6.45, 7) is 3.17. The zero-order valence-electron chi connectivity index (χ0n) is 12.7. The molecule has 0 bridgehead atoms. The largest absolute Gasteiger partial charge is 0.450 e. The molecule has 1 fully saturated rings. The van der Waals surface area contributed by atoms with Crippen LogP contribution in [-0.2, 0) is 20.5 Å². The summed E-state index contributed by atoms with van der Waals surface area (Å²) in [6.07, 6.45) is -0.408. The number of hydrogen-bond donors (Lipinski definition) is 0. The van der Waals surface area contributed by atoms with Gasteiger partial charge in [-0.3, -0.25) is 0 Å². The summed E-state index contributed by atoms with van der Waals surface area (Å²) in [5.41, 5.74) is 0.576. The third-order valence-electron chi connectivity index (χ3n) is 3.49. The van der Waals surface area contributed by atoms with Gasteiger partial charge in [0.1, 0.15) is 0 Å². The molecule has 9 heteroatoms. The van der Waals surface area contributed by atoms with Crippen LogP contribution in [0.3, 0.4) is 0 Å². The summed E-state index contributed by atoms with van der Waals surface area (Å²) in [5, 5.41) is 0.711. The van der Waals surface area contributed by atoms with Crippen LogP contribution in [0.5, 0.6) is 0 Å². The Hall–Kier alpha value is -1.02. The molecule has 0 spiro atoms. The Bertz CT molecular complexity index is 673. The molecular formula is C14H18Cl2N2O4S. The second-order valence-corrected chi connectivity index (χ2v) is 7.87. The van der Waals surface area contributed by atoms with Crippen LogP contribution in [0, 0.1) is 0 Å². The summed E-state index contributed by atoms with van der Waals surface area (Å²) in [7, 11) is -3.47. The number of hydrogen-bond acceptors (Lipinski definition) is 4. The Kier molecular flexibility index (Phi) is 6.13. The van der Waals surface area contributed by atoms with E-state index in [-0.39, 0.29) is 18.8 Å². The smallest absolute Gasteiger partial charge is 0.409 e. The van der Waals surface area contributed by atoms with Crippen LogP contribution < -0.4 is 0 Å². The van der Waals surface area contributed by atoms with Gasteiger partial charge in [-0.05, 0) is 24.6 Å². The van der Waals surface area contributed by atoms with E-state index >= 15 is 0 Å². The van der Waals surface area contributed by atoms with Gasteiger partial charge in [0, 0.05) is 26.2 Å². The average molecular weight is 381 g/mol. The van der Waals surface area contributed by atoms with E-state index in [0.717, 1.165) is 0 Å². The van der Waals surface area contributed by atoms with E-state index in [4.69, 9.17) is 27.9 Å². The zero-order chi connectivity index (χ0) is 17.0. The lowest BCUT2D eigenvalue weighted by Crippen LogP contribution is -2.50. The van der Waals surface area contributed by atoms with E-state index < -0.39 is 16.1 Å². The second kappa shape index (κ2) is 7.70. The minimum atomic E-state index is -3.47. The van der Waals surface area contributed by atoms with Gasteiger partial charge < -0.3 is 9.64 Å². The zero-order valence-corrected chi connectivity index (χ0v) is 15.0. The first-order valence-electron chi connectivity index (χ1n) is 7.17. The van der Waals surface area contributed by atoms with Crippen molar-refractivity contribution in [3.8, 4) is 0 Å². The Morgan fingerprint density at radius 1 is 1.17 bits per heavy atom. The van der Waals surface area contributed by atoms with Crippen molar-refractivity contribution < 1.29 is 17.9 Å². The van der Waals surface area contributed by atoms with Crippen molar-refractivity contribution in [2.75, 3.05) is 32.8 Å². The Morgan fingerprint density at radius 2 is 1.83 bits per heavy atom. The highest BCUT2D eigenvalue weighted by Crippen LogP contribution is 2.24. The van der Waals surface area contributed by atoms with Crippen LogP contribution in [0.25, 0.3) is 0 Å². The fraction of sp³-hybridized carbons (Fsp3) is 0.500. The molecular weight excluding hydrogens is 363 g/mol. The molecule has 0 aliphatic carbocycles. The standard InChI is InChI=1S/C14H18Cl2N2O4S/c1-2-22-14(19)17-5-7-18(8-6-17)23(20,21)10-11-3-4-12(15)13(16)9-11/h3-4,9H,2,5-8,10H2,1H3. The van der Waals surface area contributed by atoms with Crippen molar-refractivity contribution in [3.05, 3.63) is 33.8 Å². The summed E-state index contributed by atoms with van der Waals surface area (Å²) < 4.78 is 31.2. The molecule has 1 saturated heterocycles. The normalized spacial score (nSPS) is 16.4. The number of benzene rings is 1. The fourth-order valence-electron chi connectivity index (χ4n) is 2.29. The second-order valence-electron chi connectivity index (χ2n) is 5.09. The highest BCUT2D eigenvalue weighted by Gasteiger charge is 2.29. The van der Waals surface area contributed by atoms with Crippen LogP contribution in [-0.4, -0.2) is 56.5 Å². The molecule has 1 aliphatic rings. The average Bonchev–Trinajstić information content (AvgIpc) is 2.51. The van der Waals surface area contributed by atoms with E-state index in [1.165, 1.54) is 9.21 Å². The van der Waals surface area contributed by atoms with Gasteiger partial charge in [0.15, 0.2) is 0 Å². The van der Waals surface area contributed by atoms with Crippen molar-refractivity contribution >= 4 is 39.3 Å². The van der Waals surface area contributed by atoms with Crippen molar-refractivity contribution in [2.45, 2.75) is 12.7 Å². The van der Waals surface area contributed by atoms with Crippen LogP contribution in [0.15, 0.2) is 18.2 Å². The number of halogens is 2. The van der Waals surface area contributed by atoms with E-state index in [0.29, 0.717) is 35.3 Å². The number of rotatable bonds is 4. The molecule has 0 radical (unpaired) electrons. The Labute approximate surface area is 146 Å². The molecule has 0 unspecified atom stereocenters. The van der Waals surface area contributed by atoms with Crippen molar-refractivity contribution in [1.82, 2.24) is 9.21 Å². The van der Waals surface area contributed by atoms with Gasteiger partial charge in [-0.25, -0.2) is 13.2 Å². The van der Waals surface area contributed by atoms with Crippen molar-refractivity contribution in [2.24, 2.45) is 0 Å². The molecule has 1 aliphatic heterocycles. The van der Waals surface area contributed by atoms with Gasteiger partial charge >= 0.3 is 6.09 Å². The molecule has 1 aromatic rings. The maximum Gasteiger partial charge on any atom is 0.409 e. The van der Waals surface area contributed by atoms with Gasteiger partial charge in [-0.15, -0.1) is 0 Å². The number of carbonyl (C=O) groups is 1. The van der Waals surface area contributed by atoms with Gasteiger partial charge in [-0.1, -0.05) is 29.3 Å². The molecule has 128 valence electrons. The third kappa shape index (κ3) is 4.73. The lowest BCUT2D eigenvalue weighted by molar-refractivity contribution is 0.0934. The first kappa shape index (κ1) is 18.3. The highest BCUT2D eigenvalue weighted by atomic mass is 35.5. The van der Waals surface area contributed by atoms with E-state index in [2.05, 4.69) is 0 Å². The molecule has 1 amide bonds. The first-order chi connectivity index (χ1) is 10.8. The number of amides is 1. The maximum atomic E-state index is 12.5. The number of piperazine rings is 1. The monoisotopic (exact) mass is 380 g/mol. The molecule has 23 heavy (non-hydrogen) atoms. The van der Waals surface area contributed by atoms with Crippen LogP contribution >= 0.6 is 23.2 Å². The SMILES string of the molecule is CCOC(=O)N1CCN(S(=O)(=O)Cc2ccc(Cl)c(Cl)c2)CC1. The molecule has 6 nitrogen and oxygen atoms in total. The third-order valence-corrected chi connectivity index (χ3v) is 6.08. The number of sulfonamides is 1. The lowest BCUT2D eigenvalue weighted by atomic mass is 10.2. The van der Waals surface area contributed by atoms with E-state index in [1.54, 1.807) is 25.1 Å². The summed E-state index contributed by atoms with van der Waals surface area (Å²) in [5.74, 6) is -0.150. The lowest BCUT2D eigenvalue weighted by Gasteiger charge is -2.33. The molecule has 1 aromatic carbocycles. The first-order valence-corrected chi connectivity index (χ1v) is 9.53. The molecule has 1 heterocycles. The van der Waals surface area contributed by atoms with Gasteiger partial charge in [0.2, 0.25) is 10.0 Å². The number of nitrogens with zero attached hydrogens (tertiary/aromatic N) is 2. The topological polar surface area (TPSA) is 66.9 Å². The number of ether oxygens (including phenoxy) is 1. The van der Waals surface area contributed by atoms with Gasteiger partial charge in [0.25, 0.3) is 0 Å². The van der Waals surface area contributed by atoms with E-state index in [1.807, 2.05) is 0 Å². The fourth-order valence-corrected chi connectivity index (χ4v) is 4.12. The molecule has 0 aromatic heterocycles. The van der Waals surface area contributed by atoms with Crippen LogP contribution in [0.1, 0.15) is 12.5 Å². The molecule has 0 saturated carbocycles. The summed E-state index contributed by atoms with van der Waals surface area (Å²) in [4.78, 5) is 13.1. The predicted molar refractivity (Wildman–Crippen MR) is 89.3 cm³/mol. The molecule has 0 N–H and O–H groups in total. The Balaban J connectivity index is 1.98. The van der Waals surface area contributed by atoms with Crippen LogP contribution in [0.4, 0.5) is 4.79 Å². The number of carbonyl (C=O) groups excluding carboxylic acids is 1. The minimum Gasteiger partial charge on any atom is -0.450 e. The van der Waals surface area contributed by atoms with Crippen LogP contribution in [0.2, 0.25) is 10.0 Å². The maximum absolute atomic E-state index is 12.5. The molecule has 0 atom stereocenters. The minimum absolute atomic E-state index is 0.150. The quantitative estimate of drug-likeness (QED) is 0.804. The summed E-state index contributed by atoms with van der Waals surface area (Å²) >= 11 is 11.7. The molecule has 2 rings (SSSR count). The van der Waals surface area contributed by atoms with Gasteiger partial charge in [0.05, 0.1) is 22.4 Å². The van der Waals surface area contributed by atoms with Crippen molar-refractivity contribution in [3.63, 3.8) is 0 Å². The summed E-state index contributed by atoms with van der Waals surface area (Å²) in [6, 6.07) is 4.77. The van der Waals surface area contributed by atoms with Crippen molar-refractivity contribution in [1.29, 1.82) is 0 Å².